The van der Waals surface area contributed by atoms with Crippen LogP contribution < -0.4 is 10.6 Å². The fraction of sp³-hybridized carbons (Fsp3) is 0.600. The summed E-state index contributed by atoms with van der Waals surface area (Å²) in [5.41, 5.74) is 1.40. The van der Waals surface area contributed by atoms with Gasteiger partial charge in [0.1, 0.15) is 6.33 Å². The number of carbonyl (C=O) groups excluding carboxylic acids is 2. The highest BCUT2D eigenvalue weighted by Crippen LogP contribution is 2.19. The molecule has 0 saturated carbocycles. The van der Waals surface area contributed by atoms with E-state index in [4.69, 9.17) is 0 Å². The second-order valence-electron chi connectivity index (χ2n) is 5.35. The number of allylic oxidation sites excluding steroid dienone is 1. The van der Waals surface area contributed by atoms with Crippen LogP contribution in [0.1, 0.15) is 39.0 Å². The molecule has 23 heavy (non-hydrogen) atoms. The standard InChI is InChI=1S/C15H23N5O2S/c1-2-20-11-17-19-15(20)23-10-13(21)18-14(22)16-9-8-12-6-4-3-5-7-12/h6,11H,2-5,7-10H2,1H3,(H2,16,18,21,22). The first-order valence-electron chi connectivity index (χ1n) is 7.95. The van der Waals surface area contributed by atoms with Gasteiger partial charge in [0.25, 0.3) is 0 Å². The average Bonchev–Trinajstić information content (AvgIpc) is 3.01. The zero-order valence-corrected chi connectivity index (χ0v) is 14.2. The summed E-state index contributed by atoms with van der Waals surface area (Å²) in [6.45, 7) is 3.28. The molecule has 3 amide bonds. The predicted octanol–water partition coefficient (Wildman–Crippen LogP) is 2.11. The summed E-state index contributed by atoms with van der Waals surface area (Å²) in [6.07, 6.45) is 9.49. The third kappa shape index (κ3) is 6.05. The zero-order chi connectivity index (χ0) is 16.5. The summed E-state index contributed by atoms with van der Waals surface area (Å²) >= 11 is 1.26. The number of urea groups is 1. The van der Waals surface area contributed by atoms with Gasteiger partial charge in [0.2, 0.25) is 5.91 Å². The van der Waals surface area contributed by atoms with Crippen LogP contribution in [0.25, 0.3) is 0 Å². The highest BCUT2D eigenvalue weighted by Gasteiger charge is 2.11. The number of thioether (sulfide) groups is 1. The lowest BCUT2D eigenvalue weighted by atomic mass is 9.97. The van der Waals surface area contributed by atoms with E-state index in [1.54, 1.807) is 6.33 Å². The van der Waals surface area contributed by atoms with Crippen molar-refractivity contribution < 1.29 is 9.59 Å². The molecule has 0 spiro atoms. The first-order chi connectivity index (χ1) is 11.2. The van der Waals surface area contributed by atoms with Crippen molar-refractivity contribution in [2.75, 3.05) is 12.3 Å². The van der Waals surface area contributed by atoms with Crippen LogP contribution in [0.4, 0.5) is 4.79 Å². The number of hydrogen-bond acceptors (Lipinski definition) is 5. The maximum absolute atomic E-state index is 11.8. The van der Waals surface area contributed by atoms with Crippen molar-refractivity contribution in [1.82, 2.24) is 25.4 Å². The number of imide groups is 1. The smallest absolute Gasteiger partial charge is 0.321 e. The molecule has 0 radical (unpaired) electrons. The Morgan fingerprint density at radius 1 is 1.39 bits per heavy atom. The van der Waals surface area contributed by atoms with E-state index in [1.807, 2.05) is 11.5 Å². The van der Waals surface area contributed by atoms with Crippen LogP contribution in [0.5, 0.6) is 0 Å². The molecule has 0 aromatic carbocycles. The minimum absolute atomic E-state index is 0.136. The van der Waals surface area contributed by atoms with E-state index < -0.39 is 6.03 Å². The van der Waals surface area contributed by atoms with Crippen molar-refractivity contribution in [3.63, 3.8) is 0 Å². The Morgan fingerprint density at radius 2 is 2.26 bits per heavy atom. The Labute approximate surface area is 140 Å². The molecule has 1 aromatic rings. The van der Waals surface area contributed by atoms with Gasteiger partial charge in [-0.05, 0) is 39.0 Å². The molecule has 7 nitrogen and oxygen atoms in total. The van der Waals surface area contributed by atoms with Crippen molar-refractivity contribution in [2.45, 2.75) is 50.7 Å². The predicted molar refractivity (Wildman–Crippen MR) is 89.1 cm³/mol. The Bertz CT molecular complexity index is 570. The lowest BCUT2D eigenvalue weighted by Gasteiger charge is -2.13. The first-order valence-corrected chi connectivity index (χ1v) is 8.93. The lowest BCUT2D eigenvalue weighted by Crippen LogP contribution is -2.40. The van der Waals surface area contributed by atoms with Crippen LogP contribution >= 0.6 is 11.8 Å². The van der Waals surface area contributed by atoms with E-state index in [0.717, 1.165) is 25.8 Å². The van der Waals surface area contributed by atoms with Crippen molar-refractivity contribution in [3.8, 4) is 0 Å². The van der Waals surface area contributed by atoms with E-state index in [1.165, 1.54) is 30.2 Å². The van der Waals surface area contributed by atoms with E-state index in [0.29, 0.717) is 11.7 Å². The van der Waals surface area contributed by atoms with Crippen molar-refractivity contribution in [3.05, 3.63) is 18.0 Å². The Balaban J connectivity index is 1.62. The molecular weight excluding hydrogens is 314 g/mol. The van der Waals surface area contributed by atoms with Gasteiger partial charge in [-0.2, -0.15) is 0 Å². The molecule has 2 rings (SSSR count). The summed E-state index contributed by atoms with van der Waals surface area (Å²) in [5.74, 6) is -0.202. The number of carbonyl (C=O) groups is 2. The van der Waals surface area contributed by atoms with Crippen LogP contribution in [0.3, 0.4) is 0 Å². The maximum atomic E-state index is 11.8. The molecule has 0 aliphatic heterocycles. The van der Waals surface area contributed by atoms with Gasteiger partial charge >= 0.3 is 6.03 Å². The molecule has 1 aromatic heterocycles. The number of nitrogens with zero attached hydrogens (tertiary/aromatic N) is 3. The maximum Gasteiger partial charge on any atom is 0.321 e. The highest BCUT2D eigenvalue weighted by molar-refractivity contribution is 7.99. The molecule has 0 atom stereocenters. The van der Waals surface area contributed by atoms with Gasteiger partial charge in [-0.15, -0.1) is 10.2 Å². The van der Waals surface area contributed by atoms with E-state index >= 15 is 0 Å². The molecule has 0 bridgehead atoms. The molecule has 1 heterocycles. The number of hydrogen-bond donors (Lipinski definition) is 2. The van der Waals surface area contributed by atoms with Gasteiger partial charge in [-0.1, -0.05) is 23.4 Å². The summed E-state index contributed by atoms with van der Waals surface area (Å²) in [6, 6.07) is -0.441. The van der Waals surface area contributed by atoms with Gasteiger partial charge in [0.15, 0.2) is 5.16 Å². The van der Waals surface area contributed by atoms with Crippen LogP contribution in [0, 0.1) is 0 Å². The largest absolute Gasteiger partial charge is 0.337 e. The van der Waals surface area contributed by atoms with Crippen LogP contribution in [-0.4, -0.2) is 39.0 Å². The fourth-order valence-corrected chi connectivity index (χ4v) is 3.16. The highest BCUT2D eigenvalue weighted by atomic mass is 32.2. The Morgan fingerprint density at radius 3 is 3.00 bits per heavy atom. The summed E-state index contributed by atoms with van der Waals surface area (Å²) in [5, 5.41) is 13.4. The van der Waals surface area contributed by atoms with Crippen LogP contribution in [0.15, 0.2) is 23.1 Å². The fourth-order valence-electron chi connectivity index (χ4n) is 2.38. The van der Waals surface area contributed by atoms with Gasteiger partial charge in [-0.3, -0.25) is 10.1 Å². The van der Waals surface area contributed by atoms with Crippen molar-refractivity contribution in [2.24, 2.45) is 0 Å². The van der Waals surface area contributed by atoms with Crippen LogP contribution in [-0.2, 0) is 11.3 Å². The Kier molecular flexibility index (Phi) is 7.12. The van der Waals surface area contributed by atoms with Crippen molar-refractivity contribution >= 4 is 23.7 Å². The topological polar surface area (TPSA) is 88.9 Å². The summed E-state index contributed by atoms with van der Waals surface area (Å²) in [4.78, 5) is 23.4. The molecule has 2 N–H and O–H groups in total. The van der Waals surface area contributed by atoms with Gasteiger partial charge in [0.05, 0.1) is 5.75 Å². The summed E-state index contributed by atoms with van der Waals surface area (Å²) in [7, 11) is 0. The second-order valence-corrected chi connectivity index (χ2v) is 6.29. The number of aryl methyl sites for hydroxylation is 1. The third-order valence-corrected chi connectivity index (χ3v) is 4.60. The van der Waals surface area contributed by atoms with E-state index in [9.17, 15) is 9.59 Å². The Hall–Kier alpha value is -1.83. The minimum Gasteiger partial charge on any atom is -0.337 e. The van der Waals surface area contributed by atoms with E-state index in [-0.39, 0.29) is 11.7 Å². The minimum atomic E-state index is -0.441. The lowest BCUT2D eigenvalue weighted by molar-refractivity contribution is -0.117. The quantitative estimate of drug-likeness (QED) is 0.587. The first kappa shape index (κ1) is 17.5. The SMILES string of the molecule is CCn1cnnc1SCC(=O)NC(=O)NCCC1=CCCCC1. The molecule has 0 fully saturated rings. The van der Waals surface area contributed by atoms with Gasteiger partial charge in [0, 0.05) is 13.1 Å². The second kappa shape index (κ2) is 9.34. The van der Waals surface area contributed by atoms with Gasteiger partial charge in [-0.25, -0.2) is 4.79 Å². The van der Waals surface area contributed by atoms with Gasteiger partial charge < -0.3 is 9.88 Å². The number of nitrogens with one attached hydrogen (secondary N) is 2. The van der Waals surface area contributed by atoms with Crippen molar-refractivity contribution in [1.29, 1.82) is 0 Å². The third-order valence-electron chi connectivity index (χ3n) is 3.62. The molecule has 1 aliphatic rings. The van der Waals surface area contributed by atoms with E-state index in [2.05, 4.69) is 26.9 Å². The number of aromatic nitrogens is 3. The zero-order valence-electron chi connectivity index (χ0n) is 13.4. The molecular formula is C15H23N5O2S. The molecule has 126 valence electrons. The molecule has 0 saturated heterocycles. The summed E-state index contributed by atoms with van der Waals surface area (Å²) < 4.78 is 1.84. The van der Waals surface area contributed by atoms with Crippen LogP contribution in [0.2, 0.25) is 0 Å². The number of amides is 3. The average molecular weight is 337 g/mol. The molecule has 0 unspecified atom stereocenters. The number of rotatable bonds is 7. The molecule has 1 aliphatic carbocycles. The normalized spacial score (nSPS) is 14.2. The molecule has 8 heteroatoms. The monoisotopic (exact) mass is 337 g/mol.